The fraction of sp³-hybridized carbons (Fsp3) is 0.444. The highest BCUT2D eigenvalue weighted by Gasteiger charge is 2.25. The van der Waals surface area contributed by atoms with E-state index in [1.165, 1.54) is 25.7 Å². The van der Waals surface area contributed by atoms with Gasteiger partial charge >= 0.3 is 0 Å². The van der Waals surface area contributed by atoms with E-state index in [1.54, 1.807) is 12.4 Å². The van der Waals surface area contributed by atoms with Crippen LogP contribution in [0.2, 0.25) is 0 Å². The molecule has 1 saturated carbocycles. The molecule has 3 heterocycles. The van der Waals surface area contributed by atoms with Crippen LogP contribution in [0.5, 0.6) is 0 Å². The summed E-state index contributed by atoms with van der Waals surface area (Å²) < 4.78 is 4.09. The normalized spacial score (nSPS) is 15.2. The molecule has 0 amide bonds. The second-order valence-corrected chi connectivity index (χ2v) is 6.36. The third kappa shape index (κ3) is 2.62. The Kier molecular flexibility index (Phi) is 3.88. The average molecular weight is 322 g/mol. The third-order valence-electron chi connectivity index (χ3n) is 4.75. The van der Waals surface area contributed by atoms with Crippen molar-refractivity contribution in [1.29, 1.82) is 0 Å². The van der Waals surface area contributed by atoms with Gasteiger partial charge in [0, 0.05) is 30.7 Å². The molecule has 1 aliphatic carbocycles. The van der Waals surface area contributed by atoms with Crippen LogP contribution in [0.1, 0.15) is 44.3 Å². The van der Waals surface area contributed by atoms with Gasteiger partial charge < -0.3 is 0 Å². The summed E-state index contributed by atoms with van der Waals surface area (Å²) in [6.45, 7) is 5.00. The standard InChI is InChI=1S/C18H22N6/c1-3-23-12-16(13(2)21-23)18-20-17(14-8-10-19-11-9-14)22-24(18)15-6-4-5-7-15/h8-12,15H,3-7H2,1-2H3. The average Bonchev–Trinajstić information content (AvgIpc) is 3.34. The van der Waals surface area contributed by atoms with Crippen LogP contribution in [0.3, 0.4) is 0 Å². The van der Waals surface area contributed by atoms with Crippen LogP contribution in [-0.2, 0) is 6.54 Å². The Morgan fingerprint density at radius 2 is 1.88 bits per heavy atom. The zero-order valence-electron chi connectivity index (χ0n) is 14.2. The zero-order chi connectivity index (χ0) is 16.5. The maximum atomic E-state index is 4.87. The Morgan fingerprint density at radius 3 is 2.54 bits per heavy atom. The summed E-state index contributed by atoms with van der Waals surface area (Å²) in [5, 5.41) is 9.44. The minimum absolute atomic E-state index is 0.437. The van der Waals surface area contributed by atoms with E-state index in [0.29, 0.717) is 6.04 Å². The lowest BCUT2D eigenvalue weighted by molar-refractivity contribution is 0.472. The molecule has 0 radical (unpaired) electrons. The molecule has 6 heteroatoms. The summed E-state index contributed by atoms with van der Waals surface area (Å²) in [5.74, 6) is 1.70. The smallest absolute Gasteiger partial charge is 0.181 e. The van der Waals surface area contributed by atoms with Gasteiger partial charge in [-0.25, -0.2) is 9.67 Å². The zero-order valence-corrected chi connectivity index (χ0v) is 14.2. The number of aromatic nitrogens is 6. The molecule has 0 unspecified atom stereocenters. The molecule has 0 aliphatic heterocycles. The third-order valence-corrected chi connectivity index (χ3v) is 4.75. The van der Waals surface area contributed by atoms with Crippen molar-refractivity contribution in [2.24, 2.45) is 0 Å². The number of aryl methyl sites for hydroxylation is 2. The molecule has 0 N–H and O–H groups in total. The molecule has 3 aromatic heterocycles. The highest BCUT2D eigenvalue weighted by Crippen LogP contribution is 2.34. The molecular formula is C18H22N6. The summed E-state index contributed by atoms with van der Waals surface area (Å²) in [6, 6.07) is 4.35. The van der Waals surface area contributed by atoms with Crippen LogP contribution in [0.15, 0.2) is 30.7 Å². The largest absolute Gasteiger partial charge is 0.272 e. The molecule has 0 bridgehead atoms. The van der Waals surface area contributed by atoms with Crippen LogP contribution < -0.4 is 0 Å². The maximum absolute atomic E-state index is 4.87. The molecule has 3 aromatic rings. The molecule has 1 aliphatic rings. The van der Waals surface area contributed by atoms with Gasteiger partial charge in [0.1, 0.15) is 0 Å². The van der Waals surface area contributed by atoms with Gasteiger partial charge in [0.15, 0.2) is 11.6 Å². The van der Waals surface area contributed by atoms with Gasteiger partial charge in [-0.2, -0.15) is 10.2 Å². The summed E-state index contributed by atoms with van der Waals surface area (Å²) >= 11 is 0. The van der Waals surface area contributed by atoms with Crippen LogP contribution in [0.4, 0.5) is 0 Å². The van der Waals surface area contributed by atoms with Crippen molar-refractivity contribution in [3.63, 3.8) is 0 Å². The Bertz CT molecular complexity index is 827. The molecule has 24 heavy (non-hydrogen) atoms. The first-order valence-corrected chi connectivity index (χ1v) is 8.67. The number of hydrogen-bond donors (Lipinski definition) is 0. The van der Waals surface area contributed by atoms with Crippen LogP contribution in [0, 0.1) is 6.92 Å². The van der Waals surface area contributed by atoms with Crippen molar-refractivity contribution in [2.75, 3.05) is 0 Å². The van der Waals surface area contributed by atoms with E-state index in [9.17, 15) is 0 Å². The van der Waals surface area contributed by atoms with Gasteiger partial charge in [-0.1, -0.05) is 12.8 Å². The van der Waals surface area contributed by atoms with Crippen LogP contribution >= 0.6 is 0 Å². The van der Waals surface area contributed by atoms with Crippen molar-refractivity contribution < 1.29 is 0 Å². The highest BCUT2D eigenvalue weighted by molar-refractivity contribution is 5.62. The predicted octanol–water partition coefficient (Wildman–Crippen LogP) is 3.65. The van der Waals surface area contributed by atoms with E-state index in [-0.39, 0.29) is 0 Å². The van der Waals surface area contributed by atoms with Gasteiger partial charge in [-0.05, 0) is 38.8 Å². The monoisotopic (exact) mass is 322 g/mol. The minimum Gasteiger partial charge on any atom is -0.272 e. The summed E-state index contributed by atoms with van der Waals surface area (Å²) in [7, 11) is 0. The topological polar surface area (TPSA) is 61.4 Å². The summed E-state index contributed by atoms with van der Waals surface area (Å²) in [6.07, 6.45) is 10.5. The van der Waals surface area contributed by atoms with Crippen molar-refractivity contribution in [3.05, 3.63) is 36.4 Å². The van der Waals surface area contributed by atoms with Gasteiger partial charge in [-0.15, -0.1) is 0 Å². The first kappa shape index (κ1) is 15.1. The van der Waals surface area contributed by atoms with E-state index in [4.69, 9.17) is 10.1 Å². The fourth-order valence-corrected chi connectivity index (χ4v) is 3.43. The van der Waals surface area contributed by atoms with Gasteiger partial charge in [-0.3, -0.25) is 9.67 Å². The number of nitrogens with zero attached hydrogens (tertiary/aromatic N) is 6. The summed E-state index contributed by atoms with van der Waals surface area (Å²) in [5.41, 5.74) is 3.09. The fourth-order valence-electron chi connectivity index (χ4n) is 3.43. The molecule has 6 nitrogen and oxygen atoms in total. The highest BCUT2D eigenvalue weighted by atomic mass is 15.4. The van der Waals surface area contributed by atoms with Crippen LogP contribution in [-0.4, -0.2) is 29.5 Å². The lowest BCUT2D eigenvalue weighted by Gasteiger charge is -2.12. The molecule has 124 valence electrons. The number of hydrogen-bond acceptors (Lipinski definition) is 4. The molecule has 0 spiro atoms. The van der Waals surface area contributed by atoms with Crippen molar-refractivity contribution in [1.82, 2.24) is 29.5 Å². The van der Waals surface area contributed by atoms with Gasteiger partial charge in [0.25, 0.3) is 0 Å². The van der Waals surface area contributed by atoms with Crippen molar-refractivity contribution >= 4 is 0 Å². The minimum atomic E-state index is 0.437. The maximum Gasteiger partial charge on any atom is 0.181 e. The second kappa shape index (κ2) is 6.19. The Labute approximate surface area is 141 Å². The van der Waals surface area contributed by atoms with Crippen molar-refractivity contribution in [2.45, 2.75) is 52.1 Å². The Hall–Kier alpha value is -2.50. The van der Waals surface area contributed by atoms with E-state index in [0.717, 1.165) is 35.0 Å². The Balaban J connectivity index is 1.84. The molecule has 1 fully saturated rings. The van der Waals surface area contributed by atoms with E-state index >= 15 is 0 Å². The molecule has 0 atom stereocenters. The SMILES string of the molecule is CCn1cc(-c2nc(-c3ccncc3)nn2C2CCCC2)c(C)n1. The lowest BCUT2D eigenvalue weighted by atomic mass is 10.2. The van der Waals surface area contributed by atoms with Crippen molar-refractivity contribution in [3.8, 4) is 22.8 Å². The van der Waals surface area contributed by atoms with E-state index in [1.807, 2.05) is 23.7 Å². The first-order valence-electron chi connectivity index (χ1n) is 8.67. The van der Waals surface area contributed by atoms with E-state index in [2.05, 4.69) is 27.9 Å². The van der Waals surface area contributed by atoms with E-state index < -0.39 is 0 Å². The molecule has 0 aromatic carbocycles. The first-order chi connectivity index (χ1) is 11.8. The quantitative estimate of drug-likeness (QED) is 0.735. The van der Waals surface area contributed by atoms with Crippen LogP contribution in [0.25, 0.3) is 22.8 Å². The second-order valence-electron chi connectivity index (χ2n) is 6.36. The molecular weight excluding hydrogens is 300 g/mol. The Morgan fingerprint density at radius 1 is 1.12 bits per heavy atom. The van der Waals surface area contributed by atoms with Gasteiger partial charge in [0.2, 0.25) is 0 Å². The predicted molar refractivity (Wildman–Crippen MR) is 92.4 cm³/mol. The summed E-state index contributed by atoms with van der Waals surface area (Å²) in [4.78, 5) is 8.96. The lowest BCUT2D eigenvalue weighted by Crippen LogP contribution is -2.08. The number of rotatable bonds is 4. The molecule has 0 saturated heterocycles. The molecule has 4 rings (SSSR count). The van der Waals surface area contributed by atoms with Gasteiger partial charge in [0.05, 0.1) is 17.3 Å². The number of pyridine rings is 1.